The molecule has 1 atom stereocenters. The summed E-state index contributed by atoms with van der Waals surface area (Å²) in [6.07, 6.45) is 1.82. The maximum atomic E-state index is 8.93. The lowest BCUT2D eigenvalue weighted by Crippen LogP contribution is -2.48. The molecule has 1 aliphatic heterocycles. The highest BCUT2D eigenvalue weighted by atomic mass is 15.3. The maximum Gasteiger partial charge on any atom is 0.0638 e. The van der Waals surface area contributed by atoms with Gasteiger partial charge in [-0.3, -0.25) is 4.90 Å². The fourth-order valence-corrected chi connectivity index (χ4v) is 2.52. The number of nitrogens with zero attached hydrogens (tertiary/aromatic N) is 3. The highest BCUT2D eigenvalue weighted by Gasteiger charge is 2.33. The van der Waals surface area contributed by atoms with Crippen LogP contribution in [0.15, 0.2) is 0 Å². The highest BCUT2D eigenvalue weighted by Crippen LogP contribution is 2.26. The Morgan fingerprint density at radius 2 is 2.06 bits per heavy atom. The summed E-state index contributed by atoms with van der Waals surface area (Å²) in [7, 11) is 2.15. The second kappa shape index (κ2) is 5.84. The normalized spacial score (nSPS) is 26.8. The first-order valence-corrected chi connectivity index (χ1v) is 6.69. The second-order valence-corrected chi connectivity index (χ2v) is 6.36. The van der Waals surface area contributed by atoms with Gasteiger partial charge in [0.15, 0.2) is 0 Å². The van der Waals surface area contributed by atoms with Crippen molar-refractivity contribution < 1.29 is 0 Å². The zero-order valence-corrected chi connectivity index (χ0v) is 12.0. The molecule has 0 bridgehead atoms. The molecule has 0 spiro atoms. The Hall–Kier alpha value is -0.590. The summed E-state index contributed by atoms with van der Waals surface area (Å²) in [5.41, 5.74) is 0.253. The number of hydrogen-bond acceptors (Lipinski definition) is 3. The lowest BCUT2D eigenvalue weighted by Gasteiger charge is -2.39. The van der Waals surface area contributed by atoms with Crippen LogP contribution in [-0.4, -0.2) is 48.1 Å². The lowest BCUT2D eigenvalue weighted by molar-refractivity contribution is 0.101. The molecular weight excluding hydrogens is 210 g/mol. The Morgan fingerprint density at radius 3 is 2.59 bits per heavy atom. The minimum Gasteiger partial charge on any atom is -0.301 e. The Morgan fingerprint density at radius 1 is 1.41 bits per heavy atom. The second-order valence-electron chi connectivity index (χ2n) is 6.36. The Bertz CT molecular complexity index is 278. The lowest BCUT2D eigenvalue weighted by atomic mass is 9.97. The minimum atomic E-state index is 0.253. The molecule has 0 saturated carbocycles. The van der Waals surface area contributed by atoms with Crippen molar-refractivity contribution in [3.05, 3.63) is 0 Å². The van der Waals surface area contributed by atoms with E-state index in [0.717, 1.165) is 19.6 Å². The third-order valence-corrected chi connectivity index (χ3v) is 3.90. The number of nitriles is 1. The molecule has 0 aromatic rings. The van der Waals surface area contributed by atoms with Gasteiger partial charge in [0.2, 0.25) is 0 Å². The average molecular weight is 237 g/mol. The van der Waals surface area contributed by atoms with Gasteiger partial charge in [-0.2, -0.15) is 5.26 Å². The molecule has 0 aromatic heterocycles. The summed E-state index contributed by atoms with van der Waals surface area (Å²) >= 11 is 0. The number of likely N-dealkylation sites (N-methyl/N-ethyl adjacent to an activating group) is 1. The third-order valence-electron chi connectivity index (χ3n) is 3.90. The molecule has 1 fully saturated rings. The Labute approximate surface area is 106 Å². The van der Waals surface area contributed by atoms with Crippen LogP contribution in [0.4, 0.5) is 0 Å². The molecule has 1 saturated heterocycles. The van der Waals surface area contributed by atoms with Crippen molar-refractivity contribution in [1.29, 1.82) is 5.26 Å². The molecular formula is C14H27N3. The van der Waals surface area contributed by atoms with Gasteiger partial charge in [-0.05, 0) is 39.8 Å². The number of rotatable bonds is 3. The Kier molecular flexibility index (Phi) is 4.97. The van der Waals surface area contributed by atoms with Crippen LogP contribution < -0.4 is 0 Å². The van der Waals surface area contributed by atoms with Crippen LogP contribution in [-0.2, 0) is 0 Å². The van der Waals surface area contributed by atoms with Crippen molar-refractivity contribution in [2.24, 2.45) is 5.92 Å². The van der Waals surface area contributed by atoms with Crippen molar-refractivity contribution in [3.63, 3.8) is 0 Å². The van der Waals surface area contributed by atoms with Gasteiger partial charge in [0.05, 0.1) is 12.5 Å². The van der Waals surface area contributed by atoms with Gasteiger partial charge in [0, 0.05) is 24.7 Å². The van der Waals surface area contributed by atoms with Gasteiger partial charge < -0.3 is 4.90 Å². The van der Waals surface area contributed by atoms with Crippen LogP contribution in [0.25, 0.3) is 0 Å². The van der Waals surface area contributed by atoms with Crippen molar-refractivity contribution in [2.45, 2.75) is 52.1 Å². The molecule has 98 valence electrons. The molecule has 0 N–H and O–H groups in total. The summed E-state index contributed by atoms with van der Waals surface area (Å²) in [6.45, 7) is 12.4. The molecule has 1 heterocycles. The van der Waals surface area contributed by atoms with Gasteiger partial charge >= 0.3 is 0 Å². The van der Waals surface area contributed by atoms with E-state index in [0.29, 0.717) is 18.4 Å². The third kappa shape index (κ3) is 3.97. The summed E-state index contributed by atoms with van der Waals surface area (Å²) in [5, 5.41) is 8.93. The molecule has 3 heteroatoms. The van der Waals surface area contributed by atoms with Crippen LogP contribution in [0, 0.1) is 17.2 Å². The van der Waals surface area contributed by atoms with Gasteiger partial charge in [0.1, 0.15) is 0 Å². The monoisotopic (exact) mass is 237 g/mol. The van der Waals surface area contributed by atoms with E-state index in [-0.39, 0.29) is 5.54 Å². The SMILES string of the molecule is CC(C)CN1CC(CC#N)N(C)CCC1(C)C. The van der Waals surface area contributed by atoms with Crippen molar-refractivity contribution in [2.75, 3.05) is 26.7 Å². The molecule has 0 radical (unpaired) electrons. The molecule has 0 aliphatic carbocycles. The van der Waals surface area contributed by atoms with Gasteiger partial charge in [-0.1, -0.05) is 13.8 Å². The van der Waals surface area contributed by atoms with Crippen LogP contribution in [0.3, 0.4) is 0 Å². The van der Waals surface area contributed by atoms with E-state index >= 15 is 0 Å². The standard InChI is InChI=1S/C14H27N3/c1-12(2)10-17-11-13(6-8-15)16(5)9-7-14(17,3)4/h12-13H,6-7,9-11H2,1-5H3. The minimum absolute atomic E-state index is 0.253. The van der Waals surface area contributed by atoms with Gasteiger partial charge in [-0.15, -0.1) is 0 Å². The first-order chi connectivity index (χ1) is 7.86. The molecule has 1 unspecified atom stereocenters. The predicted octanol–water partition coefficient (Wildman–Crippen LogP) is 2.34. The van der Waals surface area contributed by atoms with Crippen molar-refractivity contribution in [1.82, 2.24) is 9.80 Å². The molecule has 0 amide bonds. The van der Waals surface area contributed by atoms with E-state index < -0.39 is 0 Å². The average Bonchev–Trinajstić information content (AvgIpc) is 2.31. The predicted molar refractivity (Wildman–Crippen MR) is 71.8 cm³/mol. The van der Waals surface area contributed by atoms with E-state index in [2.05, 4.69) is 50.6 Å². The van der Waals surface area contributed by atoms with Gasteiger partial charge in [-0.25, -0.2) is 0 Å². The fourth-order valence-electron chi connectivity index (χ4n) is 2.52. The zero-order chi connectivity index (χ0) is 13.1. The van der Waals surface area contributed by atoms with Crippen LogP contribution in [0.5, 0.6) is 0 Å². The summed E-state index contributed by atoms with van der Waals surface area (Å²) < 4.78 is 0. The summed E-state index contributed by atoms with van der Waals surface area (Å²) in [5.74, 6) is 0.681. The molecule has 1 rings (SSSR count). The van der Waals surface area contributed by atoms with E-state index in [1.54, 1.807) is 0 Å². The fraction of sp³-hybridized carbons (Fsp3) is 0.929. The van der Waals surface area contributed by atoms with Crippen LogP contribution in [0.1, 0.15) is 40.5 Å². The molecule has 3 nitrogen and oxygen atoms in total. The van der Waals surface area contributed by atoms with E-state index in [1.165, 1.54) is 6.42 Å². The van der Waals surface area contributed by atoms with Crippen LogP contribution in [0.2, 0.25) is 0 Å². The van der Waals surface area contributed by atoms with Crippen LogP contribution >= 0.6 is 0 Å². The quantitative estimate of drug-likeness (QED) is 0.755. The molecule has 0 aromatic carbocycles. The topological polar surface area (TPSA) is 30.3 Å². The highest BCUT2D eigenvalue weighted by molar-refractivity contribution is 4.93. The largest absolute Gasteiger partial charge is 0.301 e. The Balaban J connectivity index is 2.79. The van der Waals surface area contributed by atoms with E-state index in [1.807, 2.05) is 0 Å². The smallest absolute Gasteiger partial charge is 0.0638 e. The number of hydrogen-bond donors (Lipinski definition) is 0. The zero-order valence-electron chi connectivity index (χ0n) is 12.0. The van der Waals surface area contributed by atoms with Gasteiger partial charge in [0.25, 0.3) is 0 Å². The first kappa shape index (κ1) is 14.5. The van der Waals surface area contributed by atoms with Crippen molar-refractivity contribution in [3.8, 4) is 6.07 Å². The molecule has 17 heavy (non-hydrogen) atoms. The van der Waals surface area contributed by atoms with Crippen molar-refractivity contribution >= 4 is 0 Å². The molecule has 1 aliphatic rings. The van der Waals surface area contributed by atoms with E-state index in [4.69, 9.17) is 5.26 Å². The summed E-state index contributed by atoms with van der Waals surface area (Å²) in [4.78, 5) is 4.93. The summed E-state index contributed by atoms with van der Waals surface area (Å²) in [6, 6.07) is 2.72. The van der Waals surface area contributed by atoms with E-state index in [9.17, 15) is 0 Å². The first-order valence-electron chi connectivity index (χ1n) is 6.69. The maximum absolute atomic E-state index is 8.93.